The summed E-state index contributed by atoms with van der Waals surface area (Å²) in [4.78, 5) is 4.58. The number of aromatic nitrogens is 2. The SMILES string of the molecule is CC(C)C(CCN)CCc1nc(C2CSCCS2)no1. The van der Waals surface area contributed by atoms with Crippen molar-refractivity contribution < 1.29 is 4.52 Å². The summed E-state index contributed by atoms with van der Waals surface area (Å²) in [5.41, 5.74) is 5.68. The number of hydrogen-bond acceptors (Lipinski definition) is 6. The Morgan fingerprint density at radius 2 is 2.20 bits per heavy atom. The van der Waals surface area contributed by atoms with Gasteiger partial charge in [-0.3, -0.25) is 0 Å². The van der Waals surface area contributed by atoms with Gasteiger partial charge in [-0.15, -0.1) is 11.8 Å². The van der Waals surface area contributed by atoms with Gasteiger partial charge in [0.25, 0.3) is 0 Å². The van der Waals surface area contributed by atoms with Gasteiger partial charge in [0.1, 0.15) is 0 Å². The number of nitrogens with zero attached hydrogens (tertiary/aromatic N) is 2. The summed E-state index contributed by atoms with van der Waals surface area (Å²) in [7, 11) is 0. The van der Waals surface area contributed by atoms with Crippen LogP contribution in [0.15, 0.2) is 4.52 Å². The molecule has 0 aliphatic carbocycles. The number of rotatable bonds is 7. The summed E-state index contributed by atoms with van der Waals surface area (Å²) >= 11 is 3.92. The van der Waals surface area contributed by atoms with Crippen molar-refractivity contribution in [1.29, 1.82) is 0 Å². The monoisotopic (exact) mass is 315 g/mol. The number of nitrogens with two attached hydrogens (primary N) is 1. The Balaban J connectivity index is 1.85. The molecule has 0 amide bonds. The minimum absolute atomic E-state index is 0.413. The largest absolute Gasteiger partial charge is 0.339 e. The molecule has 0 bridgehead atoms. The molecule has 2 heterocycles. The van der Waals surface area contributed by atoms with Gasteiger partial charge in [-0.1, -0.05) is 19.0 Å². The van der Waals surface area contributed by atoms with E-state index in [4.69, 9.17) is 10.3 Å². The van der Waals surface area contributed by atoms with Crippen molar-refractivity contribution in [2.45, 2.75) is 38.4 Å². The standard InChI is InChI=1S/C14H25N3OS2/c1-10(2)11(5-6-15)3-4-13-16-14(17-18-13)12-9-19-7-8-20-12/h10-12H,3-9,15H2,1-2H3. The maximum atomic E-state index is 5.68. The van der Waals surface area contributed by atoms with Gasteiger partial charge in [0, 0.05) is 23.7 Å². The summed E-state index contributed by atoms with van der Waals surface area (Å²) in [5, 5.41) is 4.58. The first-order chi connectivity index (χ1) is 9.70. The lowest BCUT2D eigenvalue weighted by molar-refractivity contribution is 0.312. The van der Waals surface area contributed by atoms with Crippen LogP contribution in [0.5, 0.6) is 0 Å². The first-order valence-corrected chi connectivity index (χ1v) is 9.63. The van der Waals surface area contributed by atoms with Gasteiger partial charge in [-0.2, -0.15) is 16.7 Å². The highest BCUT2D eigenvalue weighted by Crippen LogP contribution is 2.35. The summed E-state index contributed by atoms with van der Waals surface area (Å²) in [5.74, 6) is 6.51. The molecule has 0 saturated carbocycles. The van der Waals surface area contributed by atoms with Crippen LogP contribution in [-0.2, 0) is 6.42 Å². The zero-order valence-corrected chi connectivity index (χ0v) is 14.0. The second-order valence-corrected chi connectivity index (χ2v) is 8.06. The highest BCUT2D eigenvalue weighted by atomic mass is 32.2. The topological polar surface area (TPSA) is 64.9 Å². The molecule has 114 valence electrons. The average molecular weight is 316 g/mol. The van der Waals surface area contributed by atoms with Crippen molar-refractivity contribution >= 4 is 23.5 Å². The Morgan fingerprint density at radius 1 is 1.35 bits per heavy atom. The van der Waals surface area contributed by atoms with Crippen molar-refractivity contribution in [2.24, 2.45) is 17.6 Å². The Labute approximate surface area is 130 Å². The molecule has 0 spiro atoms. The van der Waals surface area contributed by atoms with E-state index in [1.165, 1.54) is 11.5 Å². The van der Waals surface area contributed by atoms with Gasteiger partial charge < -0.3 is 10.3 Å². The third-order valence-corrected chi connectivity index (χ3v) is 6.55. The molecule has 1 aliphatic rings. The number of thioether (sulfide) groups is 2. The van der Waals surface area contributed by atoms with Gasteiger partial charge in [0.15, 0.2) is 5.82 Å². The lowest BCUT2D eigenvalue weighted by Crippen LogP contribution is -2.15. The van der Waals surface area contributed by atoms with Crippen LogP contribution in [0.1, 0.15) is 43.7 Å². The second-order valence-electron chi connectivity index (χ2n) is 5.60. The Hall–Kier alpha value is -0.200. The first kappa shape index (κ1) is 16.2. The van der Waals surface area contributed by atoms with E-state index >= 15 is 0 Å². The van der Waals surface area contributed by atoms with E-state index in [9.17, 15) is 0 Å². The molecule has 4 nitrogen and oxygen atoms in total. The van der Waals surface area contributed by atoms with Crippen LogP contribution in [0.4, 0.5) is 0 Å². The van der Waals surface area contributed by atoms with Crippen LogP contribution in [0, 0.1) is 11.8 Å². The average Bonchev–Trinajstić information content (AvgIpc) is 2.93. The van der Waals surface area contributed by atoms with E-state index in [0.29, 0.717) is 17.1 Å². The molecule has 1 saturated heterocycles. The summed E-state index contributed by atoms with van der Waals surface area (Å²) in [6.45, 7) is 5.28. The third kappa shape index (κ3) is 4.67. The minimum Gasteiger partial charge on any atom is -0.339 e. The number of aryl methyl sites for hydroxylation is 1. The van der Waals surface area contributed by atoms with Gasteiger partial charge >= 0.3 is 0 Å². The maximum absolute atomic E-state index is 5.68. The van der Waals surface area contributed by atoms with Crippen molar-refractivity contribution in [1.82, 2.24) is 10.1 Å². The van der Waals surface area contributed by atoms with Crippen molar-refractivity contribution in [3.63, 3.8) is 0 Å². The molecule has 2 unspecified atom stereocenters. The summed E-state index contributed by atoms with van der Waals surface area (Å²) in [6.07, 6.45) is 3.04. The van der Waals surface area contributed by atoms with Gasteiger partial charge in [-0.25, -0.2) is 0 Å². The molecule has 2 N–H and O–H groups in total. The zero-order valence-electron chi connectivity index (χ0n) is 12.4. The molecule has 0 aromatic carbocycles. The fourth-order valence-corrected chi connectivity index (χ4v) is 5.06. The summed E-state index contributed by atoms with van der Waals surface area (Å²) < 4.78 is 5.41. The minimum atomic E-state index is 0.413. The first-order valence-electron chi connectivity index (χ1n) is 7.42. The smallest absolute Gasteiger partial charge is 0.226 e. The molecule has 1 aromatic heterocycles. The molecular weight excluding hydrogens is 290 g/mol. The second kappa shape index (κ2) is 8.29. The third-order valence-electron chi connectivity index (χ3n) is 3.80. The lowest BCUT2D eigenvalue weighted by Gasteiger charge is -2.19. The quantitative estimate of drug-likeness (QED) is 0.834. The van der Waals surface area contributed by atoms with E-state index in [1.54, 1.807) is 0 Å². The highest BCUT2D eigenvalue weighted by molar-refractivity contribution is 8.06. The highest BCUT2D eigenvalue weighted by Gasteiger charge is 2.22. The molecule has 1 aliphatic heterocycles. The maximum Gasteiger partial charge on any atom is 0.226 e. The van der Waals surface area contributed by atoms with Crippen LogP contribution in [0.3, 0.4) is 0 Å². The Kier molecular flexibility index (Phi) is 6.71. The molecule has 2 rings (SSSR count). The number of hydrogen-bond donors (Lipinski definition) is 1. The fourth-order valence-electron chi connectivity index (χ4n) is 2.47. The van der Waals surface area contributed by atoms with Crippen LogP contribution in [-0.4, -0.2) is 33.9 Å². The predicted octanol–water partition coefficient (Wildman–Crippen LogP) is 3.14. The fraction of sp³-hybridized carbons (Fsp3) is 0.857. The summed E-state index contributed by atoms with van der Waals surface area (Å²) in [6, 6.07) is 0. The van der Waals surface area contributed by atoms with Crippen LogP contribution >= 0.6 is 23.5 Å². The predicted molar refractivity (Wildman–Crippen MR) is 87.1 cm³/mol. The van der Waals surface area contributed by atoms with E-state index in [0.717, 1.165) is 43.3 Å². The molecule has 2 atom stereocenters. The van der Waals surface area contributed by atoms with Crippen LogP contribution in [0.25, 0.3) is 0 Å². The zero-order chi connectivity index (χ0) is 14.4. The van der Waals surface area contributed by atoms with Gasteiger partial charge in [0.05, 0.1) is 5.25 Å². The molecule has 6 heteroatoms. The van der Waals surface area contributed by atoms with Crippen molar-refractivity contribution in [2.75, 3.05) is 23.8 Å². The van der Waals surface area contributed by atoms with Crippen molar-refractivity contribution in [3.05, 3.63) is 11.7 Å². The lowest BCUT2D eigenvalue weighted by atomic mass is 9.88. The van der Waals surface area contributed by atoms with Gasteiger partial charge in [0.2, 0.25) is 5.89 Å². The Morgan fingerprint density at radius 3 is 2.85 bits per heavy atom. The molecule has 1 aromatic rings. The van der Waals surface area contributed by atoms with Crippen LogP contribution in [0.2, 0.25) is 0 Å². The van der Waals surface area contributed by atoms with E-state index in [1.807, 2.05) is 23.5 Å². The van der Waals surface area contributed by atoms with E-state index in [2.05, 4.69) is 24.0 Å². The Bertz CT molecular complexity index is 392. The van der Waals surface area contributed by atoms with Crippen LogP contribution < -0.4 is 5.73 Å². The van der Waals surface area contributed by atoms with Crippen molar-refractivity contribution in [3.8, 4) is 0 Å². The molecular formula is C14H25N3OS2. The molecule has 0 radical (unpaired) electrons. The molecule has 20 heavy (non-hydrogen) atoms. The normalized spacial score (nSPS) is 21.3. The van der Waals surface area contributed by atoms with Gasteiger partial charge in [-0.05, 0) is 31.2 Å². The van der Waals surface area contributed by atoms with E-state index in [-0.39, 0.29) is 0 Å². The molecule has 1 fully saturated rings. The van der Waals surface area contributed by atoms with E-state index < -0.39 is 0 Å².